The van der Waals surface area contributed by atoms with Crippen molar-refractivity contribution in [1.82, 2.24) is 10.2 Å². The van der Waals surface area contributed by atoms with Crippen LogP contribution in [0.2, 0.25) is 0 Å². The molecule has 3 nitrogen and oxygen atoms in total. The molecular weight excluding hydrogens is 260 g/mol. The fourth-order valence-corrected chi connectivity index (χ4v) is 2.82. The smallest absolute Gasteiger partial charge is 0.119 e. The van der Waals surface area contributed by atoms with E-state index < -0.39 is 0 Å². The zero-order valence-corrected chi connectivity index (χ0v) is 13.6. The molecule has 21 heavy (non-hydrogen) atoms. The molecule has 1 saturated heterocycles. The molecular formula is C18H30N2O. The SMILES string of the molecule is CCOc1ccc(CNCCCN2CCC(C)CC2)cc1. The van der Waals surface area contributed by atoms with Gasteiger partial charge in [-0.1, -0.05) is 19.1 Å². The summed E-state index contributed by atoms with van der Waals surface area (Å²) < 4.78 is 5.45. The van der Waals surface area contributed by atoms with Crippen LogP contribution in [0.5, 0.6) is 5.75 Å². The molecule has 0 aliphatic carbocycles. The van der Waals surface area contributed by atoms with Gasteiger partial charge in [-0.25, -0.2) is 0 Å². The van der Waals surface area contributed by atoms with Gasteiger partial charge in [0.2, 0.25) is 0 Å². The summed E-state index contributed by atoms with van der Waals surface area (Å²) in [6, 6.07) is 8.39. The van der Waals surface area contributed by atoms with Crippen LogP contribution < -0.4 is 10.1 Å². The number of rotatable bonds is 8. The second-order valence-corrected chi connectivity index (χ2v) is 6.13. The van der Waals surface area contributed by atoms with Gasteiger partial charge in [-0.15, -0.1) is 0 Å². The van der Waals surface area contributed by atoms with Crippen LogP contribution in [0.1, 0.15) is 38.7 Å². The summed E-state index contributed by atoms with van der Waals surface area (Å²) in [5.41, 5.74) is 1.32. The first-order valence-corrected chi connectivity index (χ1v) is 8.42. The van der Waals surface area contributed by atoms with E-state index in [0.29, 0.717) is 0 Å². The minimum Gasteiger partial charge on any atom is -0.494 e. The third kappa shape index (κ3) is 6.06. The number of benzene rings is 1. The molecule has 0 spiro atoms. The van der Waals surface area contributed by atoms with Crippen molar-refractivity contribution in [3.63, 3.8) is 0 Å². The van der Waals surface area contributed by atoms with Crippen LogP contribution in [0.25, 0.3) is 0 Å². The summed E-state index contributed by atoms with van der Waals surface area (Å²) in [5.74, 6) is 1.89. The minimum absolute atomic E-state index is 0.729. The highest BCUT2D eigenvalue weighted by Gasteiger charge is 2.14. The van der Waals surface area contributed by atoms with Crippen molar-refractivity contribution in [2.24, 2.45) is 5.92 Å². The Morgan fingerprint density at radius 3 is 2.57 bits per heavy atom. The van der Waals surface area contributed by atoms with E-state index in [4.69, 9.17) is 4.74 Å². The van der Waals surface area contributed by atoms with Crippen molar-refractivity contribution >= 4 is 0 Å². The van der Waals surface area contributed by atoms with E-state index in [1.54, 1.807) is 0 Å². The standard InChI is InChI=1S/C18H30N2O/c1-3-21-18-7-5-17(6-8-18)15-19-11-4-12-20-13-9-16(2)10-14-20/h5-8,16,19H,3-4,9-15H2,1-2H3. The van der Waals surface area contributed by atoms with Gasteiger partial charge in [-0.2, -0.15) is 0 Å². The molecule has 118 valence electrons. The normalized spacial score (nSPS) is 17.0. The van der Waals surface area contributed by atoms with E-state index in [9.17, 15) is 0 Å². The summed E-state index contributed by atoms with van der Waals surface area (Å²) in [6.45, 7) is 11.0. The molecule has 0 saturated carbocycles. The van der Waals surface area contributed by atoms with Gasteiger partial charge in [0.1, 0.15) is 5.75 Å². The lowest BCUT2D eigenvalue weighted by Gasteiger charge is -2.30. The predicted molar refractivity (Wildman–Crippen MR) is 88.8 cm³/mol. The maximum absolute atomic E-state index is 5.45. The number of piperidine rings is 1. The number of ether oxygens (including phenoxy) is 1. The minimum atomic E-state index is 0.729. The van der Waals surface area contributed by atoms with Crippen molar-refractivity contribution in [2.75, 3.05) is 32.8 Å². The highest BCUT2D eigenvalue weighted by atomic mass is 16.5. The summed E-state index contributed by atoms with van der Waals surface area (Å²) in [7, 11) is 0. The van der Waals surface area contributed by atoms with E-state index in [-0.39, 0.29) is 0 Å². The summed E-state index contributed by atoms with van der Waals surface area (Å²) in [6.07, 6.45) is 3.99. The molecule has 0 unspecified atom stereocenters. The predicted octanol–water partition coefficient (Wildman–Crippen LogP) is 3.30. The lowest BCUT2D eigenvalue weighted by molar-refractivity contribution is 0.190. The Balaban J connectivity index is 1.55. The third-order valence-electron chi connectivity index (χ3n) is 4.27. The molecule has 1 fully saturated rings. The molecule has 1 N–H and O–H groups in total. The van der Waals surface area contributed by atoms with Crippen molar-refractivity contribution in [3.8, 4) is 5.75 Å². The molecule has 0 aromatic heterocycles. The largest absolute Gasteiger partial charge is 0.494 e. The van der Waals surface area contributed by atoms with Crippen molar-refractivity contribution in [2.45, 2.75) is 39.7 Å². The molecule has 1 heterocycles. The highest BCUT2D eigenvalue weighted by Crippen LogP contribution is 2.15. The van der Waals surface area contributed by atoms with Crippen LogP contribution in [-0.2, 0) is 6.54 Å². The lowest BCUT2D eigenvalue weighted by atomic mass is 9.99. The van der Waals surface area contributed by atoms with Gasteiger partial charge in [-0.05, 0) is 76.0 Å². The average Bonchev–Trinajstić information content (AvgIpc) is 2.51. The van der Waals surface area contributed by atoms with Crippen LogP contribution in [0.3, 0.4) is 0 Å². The first-order chi connectivity index (χ1) is 10.3. The Kier molecular flexibility index (Phi) is 7.04. The number of nitrogens with one attached hydrogen (secondary N) is 1. The first kappa shape index (κ1) is 16.3. The zero-order valence-electron chi connectivity index (χ0n) is 13.6. The van der Waals surface area contributed by atoms with E-state index in [1.807, 2.05) is 6.92 Å². The fraction of sp³-hybridized carbons (Fsp3) is 0.667. The van der Waals surface area contributed by atoms with E-state index >= 15 is 0 Å². The molecule has 1 aliphatic rings. The molecule has 0 atom stereocenters. The van der Waals surface area contributed by atoms with Gasteiger partial charge < -0.3 is 15.0 Å². The highest BCUT2D eigenvalue weighted by molar-refractivity contribution is 5.27. The Morgan fingerprint density at radius 1 is 1.19 bits per heavy atom. The first-order valence-electron chi connectivity index (χ1n) is 8.42. The molecule has 3 heteroatoms. The summed E-state index contributed by atoms with van der Waals surface area (Å²) >= 11 is 0. The van der Waals surface area contributed by atoms with Gasteiger partial charge in [0.05, 0.1) is 6.61 Å². The Morgan fingerprint density at radius 2 is 1.90 bits per heavy atom. The van der Waals surface area contributed by atoms with Crippen molar-refractivity contribution < 1.29 is 4.74 Å². The lowest BCUT2D eigenvalue weighted by Crippen LogP contribution is -2.34. The van der Waals surface area contributed by atoms with Gasteiger partial charge in [-0.3, -0.25) is 0 Å². The molecule has 2 rings (SSSR count). The van der Waals surface area contributed by atoms with Gasteiger partial charge in [0.25, 0.3) is 0 Å². The molecule has 0 amide bonds. The number of nitrogens with zero attached hydrogens (tertiary/aromatic N) is 1. The maximum Gasteiger partial charge on any atom is 0.119 e. The average molecular weight is 290 g/mol. The maximum atomic E-state index is 5.45. The molecule has 1 aromatic rings. The van der Waals surface area contributed by atoms with Crippen molar-refractivity contribution in [3.05, 3.63) is 29.8 Å². The van der Waals surface area contributed by atoms with Crippen LogP contribution in [0, 0.1) is 5.92 Å². The Bertz CT molecular complexity index is 383. The molecule has 0 radical (unpaired) electrons. The zero-order chi connectivity index (χ0) is 14.9. The second kappa shape index (κ2) is 9.06. The Labute approximate surface area is 129 Å². The van der Waals surface area contributed by atoms with Gasteiger partial charge >= 0.3 is 0 Å². The van der Waals surface area contributed by atoms with E-state index in [2.05, 4.69) is 41.4 Å². The number of hydrogen-bond acceptors (Lipinski definition) is 3. The molecule has 1 aromatic carbocycles. The summed E-state index contributed by atoms with van der Waals surface area (Å²) in [5, 5.41) is 3.53. The quantitative estimate of drug-likeness (QED) is 0.744. The topological polar surface area (TPSA) is 24.5 Å². The van der Waals surface area contributed by atoms with Crippen LogP contribution >= 0.6 is 0 Å². The van der Waals surface area contributed by atoms with Crippen LogP contribution in [0.4, 0.5) is 0 Å². The number of hydrogen-bond donors (Lipinski definition) is 1. The fourth-order valence-electron chi connectivity index (χ4n) is 2.82. The van der Waals surface area contributed by atoms with Gasteiger partial charge in [0, 0.05) is 6.54 Å². The number of likely N-dealkylation sites (tertiary alicyclic amines) is 1. The Hall–Kier alpha value is -1.06. The van der Waals surface area contributed by atoms with Crippen LogP contribution in [-0.4, -0.2) is 37.7 Å². The second-order valence-electron chi connectivity index (χ2n) is 6.13. The monoisotopic (exact) mass is 290 g/mol. The van der Waals surface area contributed by atoms with Gasteiger partial charge in [0.15, 0.2) is 0 Å². The van der Waals surface area contributed by atoms with Crippen LogP contribution in [0.15, 0.2) is 24.3 Å². The molecule has 1 aliphatic heterocycles. The third-order valence-corrected chi connectivity index (χ3v) is 4.27. The van der Waals surface area contributed by atoms with E-state index in [0.717, 1.165) is 31.4 Å². The summed E-state index contributed by atoms with van der Waals surface area (Å²) in [4.78, 5) is 2.61. The van der Waals surface area contributed by atoms with Crippen molar-refractivity contribution in [1.29, 1.82) is 0 Å². The molecule has 0 bridgehead atoms. The van der Waals surface area contributed by atoms with E-state index in [1.165, 1.54) is 44.5 Å².